The van der Waals surface area contributed by atoms with Gasteiger partial charge in [0.05, 0.1) is 18.9 Å². The number of unbranched alkanes of at least 4 members (excludes halogenated alkanes) is 13. The highest BCUT2D eigenvalue weighted by atomic mass is 16.5. The molecule has 0 spiro atoms. The van der Waals surface area contributed by atoms with Gasteiger partial charge in [-0.3, -0.25) is 9.59 Å². The summed E-state index contributed by atoms with van der Waals surface area (Å²) >= 11 is 0. The first-order chi connectivity index (χ1) is 14.6. The molecule has 0 amide bonds. The van der Waals surface area contributed by atoms with Gasteiger partial charge in [-0.15, -0.1) is 0 Å². The first kappa shape index (κ1) is 28.7. The van der Waals surface area contributed by atoms with Crippen molar-refractivity contribution in [3.8, 4) is 0 Å². The van der Waals surface area contributed by atoms with Crippen LogP contribution in [0, 0.1) is 5.92 Å². The second-order valence-electron chi connectivity index (χ2n) is 8.52. The lowest BCUT2D eigenvalue weighted by atomic mass is 9.97. The van der Waals surface area contributed by atoms with Gasteiger partial charge in [0.15, 0.2) is 0 Å². The van der Waals surface area contributed by atoms with Gasteiger partial charge in [-0.05, 0) is 32.1 Å². The lowest BCUT2D eigenvalue weighted by molar-refractivity contribution is -0.153. The zero-order chi connectivity index (χ0) is 22.3. The van der Waals surface area contributed by atoms with Crippen molar-refractivity contribution in [2.75, 3.05) is 6.61 Å². The van der Waals surface area contributed by atoms with Crippen LogP contribution in [-0.2, 0) is 14.3 Å². The Labute approximate surface area is 185 Å². The van der Waals surface area contributed by atoms with Gasteiger partial charge >= 0.3 is 11.9 Å². The number of esters is 1. The highest BCUT2D eigenvalue weighted by molar-refractivity contribution is 5.79. The third-order valence-electron chi connectivity index (χ3n) is 5.53. The molecule has 0 aliphatic carbocycles. The van der Waals surface area contributed by atoms with Crippen LogP contribution in [0.2, 0.25) is 0 Å². The molecule has 1 atom stereocenters. The van der Waals surface area contributed by atoms with E-state index in [4.69, 9.17) is 9.84 Å². The minimum atomic E-state index is -0.919. The lowest BCUT2D eigenvalue weighted by Gasteiger charge is -2.13. The molecule has 0 saturated heterocycles. The minimum absolute atomic E-state index is 0.113. The van der Waals surface area contributed by atoms with Crippen LogP contribution >= 0.6 is 0 Å². The third-order valence-corrected chi connectivity index (χ3v) is 5.53. The molecule has 0 fully saturated rings. The van der Waals surface area contributed by atoms with E-state index in [-0.39, 0.29) is 12.4 Å². The van der Waals surface area contributed by atoms with Crippen molar-refractivity contribution in [3.05, 3.63) is 12.2 Å². The van der Waals surface area contributed by atoms with E-state index in [9.17, 15) is 9.59 Å². The second-order valence-corrected chi connectivity index (χ2v) is 8.52. The smallest absolute Gasteiger partial charge is 0.309 e. The molecule has 0 saturated carbocycles. The molecule has 4 heteroatoms. The third kappa shape index (κ3) is 20.0. The Balaban J connectivity index is 3.47. The van der Waals surface area contributed by atoms with Crippen molar-refractivity contribution >= 4 is 11.9 Å². The van der Waals surface area contributed by atoms with E-state index in [0.29, 0.717) is 13.0 Å². The van der Waals surface area contributed by atoms with Crippen LogP contribution in [-0.4, -0.2) is 23.7 Å². The van der Waals surface area contributed by atoms with E-state index in [0.717, 1.165) is 25.7 Å². The first-order valence-electron chi connectivity index (χ1n) is 12.6. The maximum atomic E-state index is 12.0. The predicted octanol–water partition coefficient (Wildman–Crippen LogP) is 7.85. The zero-order valence-corrected chi connectivity index (χ0v) is 19.8. The van der Waals surface area contributed by atoms with E-state index in [1.165, 1.54) is 77.0 Å². The molecule has 0 aromatic heterocycles. The largest absolute Gasteiger partial charge is 0.481 e. The number of allylic oxidation sites excluding steroid dienone is 2. The number of carboxylic acid groups (broad SMARTS) is 1. The number of carbonyl (C=O) groups is 2. The highest BCUT2D eigenvalue weighted by Crippen LogP contribution is 2.18. The van der Waals surface area contributed by atoms with Gasteiger partial charge in [-0.2, -0.15) is 0 Å². The summed E-state index contributed by atoms with van der Waals surface area (Å²) in [5, 5.41) is 8.99. The molecule has 1 unspecified atom stereocenters. The van der Waals surface area contributed by atoms with Crippen LogP contribution in [0.4, 0.5) is 0 Å². The van der Waals surface area contributed by atoms with Crippen molar-refractivity contribution in [1.29, 1.82) is 0 Å². The van der Waals surface area contributed by atoms with Gasteiger partial charge in [-0.25, -0.2) is 0 Å². The molecule has 0 radical (unpaired) electrons. The van der Waals surface area contributed by atoms with Crippen molar-refractivity contribution in [1.82, 2.24) is 0 Å². The van der Waals surface area contributed by atoms with Crippen molar-refractivity contribution in [3.63, 3.8) is 0 Å². The van der Waals surface area contributed by atoms with Gasteiger partial charge in [0.2, 0.25) is 0 Å². The van der Waals surface area contributed by atoms with E-state index in [1.807, 2.05) is 6.92 Å². The molecule has 0 heterocycles. The number of carboxylic acids is 1. The molecule has 30 heavy (non-hydrogen) atoms. The molecule has 176 valence electrons. The van der Waals surface area contributed by atoms with Crippen LogP contribution in [0.1, 0.15) is 129 Å². The second kappa shape index (κ2) is 22.4. The van der Waals surface area contributed by atoms with Crippen molar-refractivity contribution < 1.29 is 19.4 Å². The van der Waals surface area contributed by atoms with E-state index >= 15 is 0 Å². The maximum Gasteiger partial charge on any atom is 0.309 e. The van der Waals surface area contributed by atoms with Crippen LogP contribution in [0.15, 0.2) is 12.2 Å². The summed E-state index contributed by atoms with van der Waals surface area (Å²) < 4.78 is 5.13. The molecular weight excluding hydrogens is 376 g/mol. The van der Waals surface area contributed by atoms with Gasteiger partial charge in [0, 0.05) is 0 Å². The van der Waals surface area contributed by atoms with E-state index in [1.54, 1.807) is 0 Å². The predicted molar refractivity (Wildman–Crippen MR) is 126 cm³/mol. The van der Waals surface area contributed by atoms with Gasteiger partial charge < -0.3 is 9.84 Å². The van der Waals surface area contributed by atoms with Crippen LogP contribution in [0.5, 0.6) is 0 Å². The Hall–Kier alpha value is -1.32. The number of hydrogen-bond acceptors (Lipinski definition) is 3. The van der Waals surface area contributed by atoms with Crippen LogP contribution < -0.4 is 0 Å². The topological polar surface area (TPSA) is 63.6 Å². The SMILES string of the molecule is CC/C=C/CCCCCCCCCCCCCCCC(CC(=O)O)C(=O)OCCC. The Morgan fingerprint density at radius 3 is 1.73 bits per heavy atom. The number of hydrogen-bond donors (Lipinski definition) is 1. The Bertz CT molecular complexity index is 431. The summed E-state index contributed by atoms with van der Waals surface area (Å²) in [5.41, 5.74) is 0. The van der Waals surface area contributed by atoms with Crippen LogP contribution in [0.25, 0.3) is 0 Å². The lowest BCUT2D eigenvalue weighted by Crippen LogP contribution is -2.21. The molecule has 1 N–H and O–H groups in total. The molecule has 0 aliphatic rings. The Morgan fingerprint density at radius 2 is 1.27 bits per heavy atom. The number of rotatable bonds is 22. The molecule has 0 aromatic rings. The summed E-state index contributed by atoms with van der Waals surface area (Å²) in [6.45, 7) is 4.50. The van der Waals surface area contributed by atoms with Gasteiger partial charge in [0.1, 0.15) is 0 Å². The van der Waals surface area contributed by atoms with E-state index < -0.39 is 11.9 Å². The number of ether oxygens (including phenoxy) is 1. The summed E-state index contributed by atoms with van der Waals surface area (Å²) in [5.74, 6) is -1.74. The molecule has 0 rings (SSSR count). The normalized spacial score (nSPS) is 12.3. The zero-order valence-electron chi connectivity index (χ0n) is 19.8. The molecular formula is C26H48O4. The molecule has 0 aromatic carbocycles. The monoisotopic (exact) mass is 424 g/mol. The fourth-order valence-electron chi connectivity index (χ4n) is 3.72. The summed E-state index contributed by atoms with van der Waals surface area (Å²) in [7, 11) is 0. The fourth-order valence-corrected chi connectivity index (χ4v) is 3.72. The van der Waals surface area contributed by atoms with Crippen molar-refractivity contribution in [2.45, 2.75) is 129 Å². The Morgan fingerprint density at radius 1 is 0.767 bits per heavy atom. The fraction of sp³-hybridized carbons (Fsp3) is 0.846. The van der Waals surface area contributed by atoms with Gasteiger partial charge in [0.25, 0.3) is 0 Å². The molecule has 4 nitrogen and oxygen atoms in total. The van der Waals surface area contributed by atoms with Gasteiger partial charge in [-0.1, -0.05) is 103 Å². The van der Waals surface area contributed by atoms with Crippen LogP contribution in [0.3, 0.4) is 0 Å². The first-order valence-corrected chi connectivity index (χ1v) is 12.6. The summed E-state index contributed by atoms with van der Waals surface area (Å²) in [6, 6.07) is 0. The number of aliphatic carboxylic acids is 1. The minimum Gasteiger partial charge on any atom is -0.481 e. The average molecular weight is 425 g/mol. The average Bonchev–Trinajstić information content (AvgIpc) is 2.73. The van der Waals surface area contributed by atoms with E-state index in [2.05, 4.69) is 19.1 Å². The summed E-state index contributed by atoms with van der Waals surface area (Å²) in [4.78, 5) is 22.9. The molecule has 0 bridgehead atoms. The molecule has 0 aliphatic heterocycles. The Kier molecular flexibility index (Phi) is 21.4. The highest BCUT2D eigenvalue weighted by Gasteiger charge is 2.22. The summed E-state index contributed by atoms with van der Waals surface area (Å²) in [6.07, 6.45) is 24.9. The maximum absolute atomic E-state index is 12.0. The number of carbonyl (C=O) groups excluding carboxylic acids is 1. The standard InChI is InChI=1S/C26H48O4/c1-3-5-6-7-8-9-10-11-12-13-14-15-16-17-18-19-20-21-24(23-25(27)28)26(29)30-22-4-2/h5-6,24H,3-4,7-23H2,1-2H3,(H,27,28)/b6-5+. The quantitative estimate of drug-likeness (QED) is 0.109. The van der Waals surface area contributed by atoms with Crippen molar-refractivity contribution in [2.24, 2.45) is 5.92 Å².